The molecule has 1 aromatic carbocycles. The summed E-state index contributed by atoms with van der Waals surface area (Å²) < 4.78 is 0. The first-order chi connectivity index (χ1) is 10.2. The third-order valence-corrected chi connectivity index (χ3v) is 4.26. The van der Waals surface area contributed by atoms with Gasteiger partial charge in [-0.3, -0.25) is 14.6 Å². The van der Waals surface area contributed by atoms with E-state index in [9.17, 15) is 9.59 Å². The van der Waals surface area contributed by atoms with Gasteiger partial charge in [-0.1, -0.05) is 30.3 Å². The van der Waals surface area contributed by atoms with E-state index in [1.54, 1.807) is 23.5 Å². The van der Waals surface area contributed by atoms with Crippen molar-refractivity contribution in [2.75, 3.05) is 0 Å². The molecule has 108 valence electrons. The van der Waals surface area contributed by atoms with Crippen molar-refractivity contribution in [1.29, 1.82) is 0 Å². The minimum absolute atomic E-state index is 0.0724. The third-order valence-electron chi connectivity index (χ3n) is 3.50. The molecule has 1 aliphatic rings. The minimum Gasteiger partial charge on any atom is -0.342 e. The Morgan fingerprint density at radius 3 is 2.71 bits per heavy atom. The number of amides is 2. The van der Waals surface area contributed by atoms with Gasteiger partial charge >= 0.3 is 0 Å². The van der Waals surface area contributed by atoms with Gasteiger partial charge in [-0.25, -0.2) is 0 Å². The van der Waals surface area contributed by atoms with Crippen LogP contribution in [0.25, 0.3) is 0 Å². The lowest BCUT2D eigenvalue weighted by molar-refractivity contribution is -0.149. The molecule has 0 saturated carbocycles. The van der Waals surface area contributed by atoms with E-state index in [4.69, 9.17) is 0 Å². The van der Waals surface area contributed by atoms with Crippen LogP contribution in [0.15, 0.2) is 42.0 Å². The fourth-order valence-corrected chi connectivity index (χ4v) is 3.09. The van der Waals surface area contributed by atoms with Gasteiger partial charge in [0.05, 0.1) is 12.1 Å². The highest BCUT2D eigenvalue weighted by Crippen LogP contribution is 2.27. The third kappa shape index (κ3) is 2.67. The first-order valence-electron chi connectivity index (χ1n) is 6.70. The number of benzene rings is 1. The quantitative estimate of drug-likeness (QED) is 0.939. The standard InChI is InChI=1S/C15H15N3O2S/c1-10-15(20)18(8-12-7-16-9-21-12)13(14(19)17-10)11-5-3-2-4-6-11/h2-7,9-10,13H,8H2,1H3,(H,17,19). The molecule has 1 saturated heterocycles. The van der Waals surface area contributed by atoms with Gasteiger partial charge in [-0.05, 0) is 12.5 Å². The number of piperazine rings is 1. The maximum Gasteiger partial charge on any atom is 0.248 e. The van der Waals surface area contributed by atoms with E-state index in [1.165, 1.54) is 11.3 Å². The van der Waals surface area contributed by atoms with Gasteiger partial charge in [-0.2, -0.15) is 0 Å². The second-order valence-corrected chi connectivity index (χ2v) is 5.95. The summed E-state index contributed by atoms with van der Waals surface area (Å²) in [6.45, 7) is 2.11. The first-order valence-corrected chi connectivity index (χ1v) is 7.58. The summed E-state index contributed by atoms with van der Waals surface area (Å²) in [4.78, 5) is 31.5. The Morgan fingerprint density at radius 1 is 1.29 bits per heavy atom. The lowest BCUT2D eigenvalue weighted by Crippen LogP contribution is -2.57. The largest absolute Gasteiger partial charge is 0.342 e. The summed E-state index contributed by atoms with van der Waals surface area (Å²) >= 11 is 1.48. The average Bonchev–Trinajstić information content (AvgIpc) is 2.98. The maximum atomic E-state index is 12.5. The molecule has 3 rings (SSSR count). The zero-order chi connectivity index (χ0) is 14.8. The lowest BCUT2D eigenvalue weighted by Gasteiger charge is -2.37. The number of hydrogen-bond donors (Lipinski definition) is 1. The predicted molar refractivity (Wildman–Crippen MR) is 79.5 cm³/mol. The Kier molecular flexibility index (Phi) is 3.70. The van der Waals surface area contributed by atoms with Crippen LogP contribution in [0.3, 0.4) is 0 Å². The molecule has 1 N–H and O–H groups in total. The van der Waals surface area contributed by atoms with Gasteiger partial charge in [0.1, 0.15) is 12.1 Å². The van der Waals surface area contributed by atoms with Crippen molar-refractivity contribution in [2.24, 2.45) is 0 Å². The molecule has 1 aliphatic heterocycles. The van der Waals surface area contributed by atoms with Crippen molar-refractivity contribution in [3.05, 3.63) is 52.5 Å². The van der Waals surface area contributed by atoms with Crippen LogP contribution in [0.4, 0.5) is 0 Å². The monoisotopic (exact) mass is 301 g/mol. The fraction of sp³-hybridized carbons (Fsp3) is 0.267. The van der Waals surface area contributed by atoms with Crippen LogP contribution in [0, 0.1) is 0 Å². The maximum absolute atomic E-state index is 12.5. The predicted octanol–water partition coefficient (Wildman–Crippen LogP) is 1.73. The van der Waals surface area contributed by atoms with Crippen LogP contribution in [0.1, 0.15) is 23.4 Å². The second kappa shape index (κ2) is 5.65. The zero-order valence-corrected chi connectivity index (χ0v) is 12.3. The Labute approximate surface area is 126 Å². The molecule has 2 atom stereocenters. The summed E-state index contributed by atoms with van der Waals surface area (Å²) in [5.41, 5.74) is 2.55. The van der Waals surface area contributed by atoms with E-state index in [2.05, 4.69) is 10.3 Å². The molecule has 0 radical (unpaired) electrons. The number of aromatic nitrogens is 1. The molecule has 5 nitrogen and oxygen atoms in total. The topological polar surface area (TPSA) is 62.3 Å². The van der Waals surface area contributed by atoms with E-state index < -0.39 is 12.1 Å². The Bertz CT molecular complexity index is 642. The van der Waals surface area contributed by atoms with E-state index >= 15 is 0 Å². The number of thiazole rings is 1. The van der Waals surface area contributed by atoms with Gasteiger partial charge in [0.2, 0.25) is 11.8 Å². The van der Waals surface area contributed by atoms with Crippen molar-refractivity contribution < 1.29 is 9.59 Å². The average molecular weight is 301 g/mol. The molecule has 1 aromatic heterocycles. The van der Waals surface area contributed by atoms with Crippen LogP contribution in [-0.2, 0) is 16.1 Å². The van der Waals surface area contributed by atoms with E-state index in [1.807, 2.05) is 30.3 Å². The second-order valence-electron chi connectivity index (χ2n) is 4.98. The van der Waals surface area contributed by atoms with Gasteiger partial charge in [0.15, 0.2) is 0 Å². The molecule has 2 heterocycles. The molecule has 0 spiro atoms. The van der Waals surface area contributed by atoms with Crippen molar-refractivity contribution in [3.8, 4) is 0 Å². The molecule has 6 heteroatoms. The smallest absolute Gasteiger partial charge is 0.248 e. The van der Waals surface area contributed by atoms with Crippen LogP contribution in [-0.4, -0.2) is 27.7 Å². The van der Waals surface area contributed by atoms with Gasteiger partial charge in [0, 0.05) is 11.1 Å². The Hall–Kier alpha value is -2.21. The van der Waals surface area contributed by atoms with Crippen LogP contribution >= 0.6 is 11.3 Å². The van der Waals surface area contributed by atoms with Gasteiger partial charge in [0.25, 0.3) is 0 Å². The van der Waals surface area contributed by atoms with Crippen molar-refractivity contribution >= 4 is 23.2 Å². The normalized spacial score (nSPS) is 22.2. The summed E-state index contributed by atoms with van der Waals surface area (Å²) in [7, 11) is 0. The molecule has 2 amide bonds. The van der Waals surface area contributed by atoms with Crippen molar-refractivity contribution in [3.63, 3.8) is 0 Å². The molecule has 0 bridgehead atoms. The molecule has 2 unspecified atom stereocenters. The zero-order valence-electron chi connectivity index (χ0n) is 11.5. The lowest BCUT2D eigenvalue weighted by atomic mass is 10.00. The highest BCUT2D eigenvalue weighted by atomic mass is 32.1. The van der Waals surface area contributed by atoms with Gasteiger partial charge in [-0.15, -0.1) is 11.3 Å². The summed E-state index contributed by atoms with van der Waals surface area (Å²) in [5, 5.41) is 2.74. The SMILES string of the molecule is CC1NC(=O)C(c2ccccc2)N(Cc2cncs2)C1=O. The highest BCUT2D eigenvalue weighted by Gasteiger charge is 2.39. The number of carbonyl (C=O) groups excluding carboxylic acids is 2. The summed E-state index contributed by atoms with van der Waals surface area (Å²) in [5.74, 6) is -0.213. The van der Waals surface area contributed by atoms with Gasteiger partial charge < -0.3 is 10.2 Å². The molecule has 0 aliphatic carbocycles. The molecular formula is C15H15N3O2S. The molecular weight excluding hydrogens is 286 g/mol. The van der Waals surface area contributed by atoms with E-state index in [0.29, 0.717) is 6.54 Å². The number of carbonyl (C=O) groups is 2. The van der Waals surface area contributed by atoms with E-state index in [0.717, 1.165) is 10.4 Å². The number of nitrogens with zero attached hydrogens (tertiary/aromatic N) is 2. The van der Waals surface area contributed by atoms with Crippen LogP contribution < -0.4 is 5.32 Å². The minimum atomic E-state index is -0.586. The van der Waals surface area contributed by atoms with Crippen LogP contribution in [0.2, 0.25) is 0 Å². The number of nitrogens with one attached hydrogen (secondary N) is 1. The Morgan fingerprint density at radius 2 is 2.05 bits per heavy atom. The fourth-order valence-electron chi connectivity index (χ4n) is 2.50. The molecule has 21 heavy (non-hydrogen) atoms. The first kappa shape index (κ1) is 13.8. The number of hydrogen-bond acceptors (Lipinski definition) is 4. The highest BCUT2D eigenvalue weighted by molar-refractivity contribution is 7.09. The summed E-state index contributed by atoms with van der Waals surface area (Å²) in [6.07, 6.45) is 1.73. The molecule has 2 aromatic rings. The van der Waals surface area contributed by atoms with E-state index in [-0.39, 0.29) is 11.8 Å². The van der Waals surface area contributed by atoms with Crippen molar-refractivity contribution in [1.82, 2.24) is 15.2 Å². The number of rotatable bonds is 3. The molecule has 1 fully saturated rings. The van der Waals surface area contributed by atoms with Crippen molar-refractivity contribution in [2.45, 2.75) is 25.6 Å². The summed E-state index contributed by atoms with van der Waals surface area (Å²) in [6, 6.07) is 8.29. The van der Waals surface area contributed by atoms with Crippen LogP contribution in [0.5, 0.6) is 0 Å². The Balaban J connectivity index is 1.96.